The highest BCUT2D eigenvalue weighted by atomic mass is 16.5. The van der Waals surface area contributed by atoms with Crippen LogP contribution in [0.4, 0.5) is 0 Å². The third-order valence-electron chi connectivity index (χ3n) is 3.79. The molecule has 4 heteroatoms. The van der Waals surface area contributed by atoms with Crippen LogP contribution < -0.4 is 0 Å². The van der Waals surface area contributed by atoms with Crippen LogP contribution in [0.3, 0.4) is 0 Å². The number of morpholine rings is 1. The standard InChI is InChI=1S/C14H27NO3/c1-11-7-15(8-12(2)18-11)9-13(16)10-17-14-5-3-4-6-14/h11-14,16H,3-10H2,1-2H3/t11-,12-,13-/m1/s1. The molecule has 0 aromatic rings. The molecule has 1 aliphatic heterocycles. The van der Waals surface area contributed by atoms with E-state index in [0.29, 0.717) is 19.3 Å². The summed E-state index contributed by atoms with van der Waals surface area (Å²) in [6.45, 7) is 7.17. The van der Waals surface area contributed by atoms with E-state index in [9.17, 15) is 5.11 Å². The molecule has 0 aromatic carbocycles. The molecule has 0 aromatic heterocycles. The van der Waals surface area contributed by atoms with Crippen molar-refractivity contribution in [3.63, 3.8) is 0 Å². The summed E-state index contributed by atoms with van der Waals surface area (Å²) in [5.74, 6) is 0. The molecule has 1 N–H and O–H groups in total. The SMILES string of the molecule is C[C@@H]1CN(C[C@@H](O)COC2CCCC2)C[C@@H](C)O1. The molecule has 0 spiro atoms. The fourth-order valence-electron chi connectivity index (χ4n) is 3.09. The Balaban J connectivity index is 1.64. The predicted octanol–water partition coefficient (Wildman–Crippen LogP) is 1.42. The first-order valence-corrected chi connectivity index (χ1v) is 7.31. The molecule has 2 rings (SSSR count). The van der Waals surface area contributed by atoms with Crippen LogP contribution in [-0.4, -0.2) is 60.7 Å². The second-order valence-electron chi connectivity index (χ2n) is 5.87. The number of nitrogens with zero attached hydrogens (tertiary/aromatic N) is 1. The molecule has 0 amide bonds. The number of hydrogen-bond donors (Lipinski definition) is 1. The molecule has 18 heavy (non-hydrogen) atoms. The van der Waals surface area contributed by atoms with Gasteiger partial charge in [0.1, 0.15) is 0 Å². The Morgan fingerprint density at radius 1 is 1.22 bits per heavy atom. The molecule has 2 aliphatic rings. The van der Waals surface area contributed by atoms with E-state index in [1.54, 1.807) is 0 Å². The van der Waals surface area contributed by atoms with E-state index < -0.39 is 0 Å². The highest BCUT2D eigenvalue weighted by molar-refractivity contribution is 4.76. The normalized spacial score (nSPS) is 32.8. The van der Waals surface area contributed by atoms with Gasteiger partial charge in [-0.05, 0) is 26.7 Å². The summed E-state index contributed by atoms with van der Waals surface area (Å²) in [5, 5.41) is 10.0. The van der Waals surface area contributed by atoms with Gasteiger partial charge in [0, 0.05) is 19.6 Å². The third kappa shape index (κ3) is 4.50. The van der Waals surface area contributed by atoms with Crippen molar-refractivity contribution in [3.05, 3.63) is 0 Å². The first kappa shape index (κ1) is 14.3. The van der Waals surface area contributed by atoms with E-state index in [0.717, 1.165) is 13.1 Å². The minimum atomic E-state index is -0.372. The third-order valence-corrected chi connectivity index (χ3v) is 3.79. The molecule has 1 saturated heterocycles. The molecular formula is C14H27NO3. The van der Waals surface area contributed by atoms with Gasteiger partial charge in [0.15, 0.2) is 0 Å². The van der Waals surface area contributed by atoms with E-state index in [2.05, 4.69) is 18.7 Å². The van der Waals surface area contributed by atoms with Crippen molar-refractivity contribution in [2.24, 2.45) is 0 Å². The van der Waals surface area contributed by atoms with Crippen LogP contribution in [0.15, 0.2) is 0 Å². The van der Waals surface area contributed by atoms with Crippen molar-refractivity contribution >= 4 is 0 Å². The topological polar surface area (TPSA) is 41.9 Å². The Hall–Kier alpha value is -0.160. The molecule has 0 unspecified atom stereocenters. The molecular weight excluding hydrogens is 230 g/mol. The van der Waals surface area contributed by atoms with Gasteiger partial charge in [-0.2, -0.15) is 0 Å². The molecule has 4 nitrogen and oxygen atoms in total. The number of hydrogen-bond acceptors (Lipinski definition) is 4. The highest BCUT2D eigenvalue weighted by Gasteiger charge is 2.24. The Bertz CT molecular complexity index is 233. The van der Waals surface area contributed by atoms with Crippen LogP contribution in [0, 0.1) is 0 Å². The van der Waals surface area contributed by atoms with E-state index in [1.807, 2.05) is 0 Å². The van der Waals surface area contributed by atoms with Gasteiger partial charge in [-0.25, -0.2) is 0 Å². The highest BCUT2D eigenvalue weighted by Crippen LogP contribution is 2.21. The number of ether oxygens (including phenoxy) is 2. The van der Waals surface area contributed by atoms with Crippen molar-refractivity contribution in [1.82, 2.24) is 4.90 Å². The minimum Gasteiger partial charge on any atom is -0.389 e. The maximum atomic E-state index is 10.0. The van der Waals surface area contributed by atoms with Gasteiger partial charge in [0.2, 0.25) is 0 Å². The molecule has 0 radical (unpaired) electrons. The summed E-state index contributed by atoms with van der Waals surface area (Å²) in [6.07, 6.45) is 5.42. The van der Waals surface area contributed by atoms with Gasteiger partial charge in [-0.3, -0.25) is 4.90 Å². The molecule has 0 bridgehead atoms. The van der Waals surface area contributed by atoms with Crippen molar-refractivity contribution < 1.29 is 14.6 Å². The van der Waals surface area contributed by atoms with Gasteiger partial charge in [0.25, 0.3) is 0 Å². The minimum absolute atomic E-state index is 0.261. The van der Waals surface area contributed by atoms with E-state index in [-0.39, 0.29) is 18.3 Å². The number of β-amino-alcohol motifs (C(OH)–C–C–N with tert-alkyl or cyclic N) is 1. The number of rotatable bonds is 5. The summed E-state index contributed by atoms with van der Waals surface area (Å²) in [7, 11) is 0. The summed E-state index contributed by atoms with van der Waals surface area (Å²) in [5.41, 5.74) is 0. The lowest BCUT2D eigenvalue weighted by Gasteiger charge is -2.36. The van der Waals surface area contributed by atoms with Gasteiger partial charge in [-0.15, -0.1) is 0 Å². The zero-order valence-corrected chi connectivity index (χ0v) is 11.7. The fourth-order valence-corrected chi connectivity index (χ4v) is 3.09. The van der Waals surface area contributed by atoms with Gasteiger partial charge < -0.3 is 14.6 Å². The molecule has 106 valence electrons. The van der Waals surface area contributed by atoms with E-state index >= 15 is 0 Å². The molecule has 1 heterocycles. The average molecular weight is 257 g/mol. The predicted molar refractivity (Wildman–Crippen MR) is 70.7 cm³/mol. The summed E-state index contributed by atoms with van der Waals surface area (Å²) < 4.78 is 11.4. The van der Waals surface area contributed by atoms with Gasteiger partial charge >= 0.3 is 0 Å². The van der Waals surface area contributed by atoms with E-state index in [4.69, 9.17) is 9.47 Å². The van der Waals surface area contributed by atoms with E-state index in [1.165, 1.54) is 25.7 Å². The van der Waals surface area contributed by atoms with Crippen LogP contribution in [0.5, 0.6) is 0 Å². The largest absolute Gasteiger partial charge is 0.389 e. The monoisotopic (exact) mass is 257 g/mol. The van der Waals surface area contributed by atoms with Crippen molar-refractivity contribution in [1.29, 1.82) is 0 Å². The summed E-state index contributed by atoms with van der Waals surface area (Å²) >= 11 is 0. The summed E-state index contributed by atoms with van der Waals surface area (Å²) in [4.78, 5) is 2.28. The van der Waals surface area contributed by atoms with Crippen molar-refractivity contribution in [2.75, 3.05) is 26.2 Å². The van der Waals surface area contributed by atoms with Crippen LogP contribution in [0.2, 0.25) is 0 Å². The van der Waals surface area contributed by atoms with Crippen LogP contribution in [-0.2, 0) is 9.47 Å². The Morgan fingerprint density at radius 3 is 2.44 bits per heavy atom. The van der Waals surface area contributed by atoms with Crippen LogP contribution in [0.1, 0.15) is 39.5 Å². The second kappa shape index (κ2) is 6.85. The molecule has 1 saturated carbocycles. The maximum absolute atomic E-state index is 10.0. The van der Waals surface area contributed by atoms with Crippen molar-refractivity contribution in [3.8, 4) is 0 Å². The Morgan fingerprint density at radius 2 is 1.83 bits per heavy atom. The average Bonchev–Trinajstić information content (AvgIpc) is 2.77. The maximum Gasteiger partial charge on any atom is 0.0900 e. The van der Waals surface area contributed by atoms with Crippen molar-refractivity contribution in [2.45, 2.75) is 63.9 Å². The lowest BCUT2D eigenvalue weighted by atomic mass is 10.2. The zero-order valence-electron chi connectivity index (χ0n) is 11.7. The summed E-state index contributed by atoms with van der Waals surface area (Å²) in [6, 6.07) is 0. The van der Waals surface area contributed by atoms with Crippen LogP contribution >= 0.6 is 0 Å². The molecule has 3 atom stereocenters. The van der Waals surface area contributed by atoms with Gasteiger partial charge in [-0.1, -0.05) is 12.8 Å². The lowest BCUT2D eigenvalue weighted by Crippen LogP contribution is -2.48. The van der Waals surface area contributed by atoms with Crippen LogP contribution in [0.25, 0.3) is 0 Å². The molecule has 2 fully saturated rings. The Labute approximate surface area is 110 Å². The van der Waals surface area contributed by atoms with Gasteiger partial charge in [0.05, 0.1) is 31.0 Å². The zero-order chi connectivity index (χ0) is 13.0. The molecule has 1 aliphatic carbocycles. The Kier molecular flexibility index (Phi) is 5.42. The lowest BCUT2D eigenvalue weighted by molar-refractivity contribution is -0.0854. The smallest absolute Gasteiger partial charge is 0.0900 e. The fraction of sp³-hybridized carbons (Fsp3) is 1.00. The first-order chi connectivity index (χ1) is 8.63. The number of aliphatic hydroxyl groups excluding tert-OH is 1. The second-order valence-corrected chi connectivity index (χ2v) is 5.87. The first-order valence-electron chi connectivity index (χ1n) is 7.31. The number of aliphatic hydroxyl groups is 1. The quantitative estimate of drug-likeness (QED) is 0.809.